The highest BCUT2D eigenvalue weighted by atomic mass is 32.2. The third-order valence-electron chi connectivity index (χ3n) is 3.94. The van der Waals surface area contributed by atoms with Gasteiger partial charge in [0.15, 0.2) is 9.84 Å². The van der Waals surface area contributed by atoms with Gasteiger partial charge in [-0.3, -0.25) is 4.90 Å². The Bertz CT molecular complexity index is 539. The molecule has 1 aromatic carbocycles. The Kier molecular flexibility index (Phi) is 4.83. The Hall–Kier alpha value is -0.910. The van der Waals surface area contributed by atoms with Crippen LogP contribution in [0.3, 0.4) is 0 Å². The monoisotopic (exact) mass is 296 g/mol. The third-order valence-corrected chi connectivity index (χ3v) is 5.06. The molecule has 1 aliphatic heterocycles. The Labute approximate surface area is 122 Å². The van der Waals surface area contributed by atoms with Crippen molar-refractivity contribution < 1.29 is 8.42 Å². The topological polar surface area (TPSA) is 49.4 Å². The first-order chi connectivity index (χ1) is 9.40. The fourth-order valence-corrected chi connectivity index (χ4v) is 3.33. The quantitative estimate of drug-likeness (QED) is 0.918. The van der Waals surface area contributed by atoms with E-state index in [1.807, 2.05) is 12.1 Å². The van der Waals surface area contributed by atoms with Gasteiger partial charge in [-0.15, -0.1) is 0 Å². The second-order valence-corrected chi connectivity index (χ2v) is 7.73. The Morgan fingerprint density at radius 1 is 1.30 bits per heavy atom. The maximum absolute atomic E-state index is 11.5. The van der Waals surface area contributed by atoms with Crippen LogP contribution in [0, 0.1) is 0 Å². The summed E-state index contributed by atoms with van der Waals surface area (Å²) in [5.41, 5.74) is 1.17. The van der Waals surface area contributed by atoms with Crippen molar-refractivity contribution in [1.82, 2.24) is 10.2 Å². The molecule has 4 nitrogen and oxygen atoms in total. The van der Waals surface area contributed by atoms with Crippen molar-refractivity contribution in [2.45, 2.75) is 43.8 Å². The highest BCUT2D eigenvalue weighted by Gasteiger charge is 2.24. The maximum atomic E-state index is 11.5. The van der Waals surface area contributed by atoms with Gasteiger partial charge in [0, 0.05) is 38.0 Å². The summed E-state index contributed by atoms with van der Waals surface area (Å²) in [5.74, 6) is 0. The smallest absolute Gasteiger partial charge is 0.175 e. The molecule has 20 heavy (non-hydrogen) atoms. The summed E-state index contributed by atoms with van der Waals surface area (Å²) >= 11 is 0. The van der Waals surface area contributed by atoms with Crippen LogP contribution in [-0.4, -0.2) is 44.7 Å². The van der Waals surface area contributed by atoms with Gasteiger partial charge in [-0.1, -0.05) is 19.1 Å². The van der Waals surface area contributed by atoms with E-state index in [1.54, 1.807) is 12.1 Å². The number of hydrogen-bond donors (Lipinski definition) is 1. The molecule has 0 bridgehead atoms. The van der Waals surface area contributed by atoms with E-state index < -0.39 is 9.84 Å². The predicted molar refractivity (Wildman–Crippen MR) is 81.5 cm³/mol. The van der Waals surface area contributed by atoms with Gasteiger partial charge in [-0.25, -0.2) is 8.42 Å². The zero-order valence-corrected chi connectivity index (χ0v) is 13.3. The van der Waals surface area contributed by atoms with E-state index >= 15 is 0 Å². The number of hydrogen-bond acceptors (Lipinski definition) is 4. The van der Waals surface area contributed by atoms with E-state index in [0.29, 0.717) is 17.0 Å². The highest BCUT2D eigenvalue weighted by Crippen LogP contribution is 2.16. The van der Waals surface area contributed by atoms with Crippen molar-refractivity contribution in [2.75, 3.05) is 19.3 Å². The minimum atomic E-state index is -3.10. The number of rotatable bonds is 4. The highest BCUT2D eigenvalue weighted by molar-refractivity contribution is 7.90. The Morgan fingerprint density at radius 2 is 1.95 bits per heavy atom. The van der Waals surface area contributed by atoms with Gasteiger partial charge in [0.25, 0.3) is 0 Å². The molecule has 0 saturated carbocycles. The van der Waals surface area contributed by atoms with Crippen LogP contribution in [0.5, 0.6) is 0 Å². The van der Waals surface area contributed by atoms with Gasteiger partial charge in [-0.2, -0.15) is 0 Å². The molecular weight excluding hydrogens is 272 g/mol. The molecule has 2 unspecified atom stereocenters. The minimum Gasteiger partial charge on any atom is -0.311 e. The van der Waals surface area contributed by atoms with Crippen LogP contribution in [0.2, 0.25) is 0 Å². The number of nitrogens with one attached hydrogen (secondary N) is 1. The summed E-state index contributed by atoms with van der Waals surface area (Å²) < 4.78 is 22.9. The van der Waals surface area contributed by atoms with Gasteiger partial charge in [0.1, 0.15) is 0 Å². The van der Waals surface area contributed by atoms with E-state index in [9.17, 15) is 8.42 Å². The van der Waals surface area contributed by atoms with Gasteiger partial charge < -0.3 is 5.32 Å². The molecule has 0 aliphatic carbocycles. The summed E-state index contributed by atoms with van der Waals surface area (Å²) in [6.45, 7) is 7.35. The SMILES string of the molecule is CCC1CNC(C)CN1Cc1ccc(S(C)(=O)=O)cc1. The second kappa shape index (κ2) is 6.24. The lowest BCUT2D eigenvalue weighted by atomic mass is 10.1. The van der Waals surface area contributed by atoms with Crippen LogP contribution in [0.1, 0.15) is 25.8 Å². The summed E-state index contributed by atoms with van der Waals surface area (Å²) in [6.07, 6.45) is 2.37. The molecule has 0 aromatic heterocycles. The van der Waals surface area contributed by atoms with E-state index in [-0.39, 0.29) is 0 Å². The van der Waals surface area contributed by atoms with Gasteiger partial charge >= 0.3 is 0 Å². The van der Waals surface area contributed by atoms with Crippen LogP contribution >= 0.6 is 0 Å². The molecule has 0 spiro atoms. The first-order valence-electron chi connectivity index (χ1n) is 7.16. The van der Waals surface area contributed by atoms with E-state index in [0.717, 1.165) is 26.1 Å². The maximum Gasteiger partial charge on any atom is 0.175 e. The van der Waals surface area contributed by atoms with Crippen molar-refractivity contribution in [3.8, 4) is 0 Å². The van der Waals surface area contributed by atoms with Crippen LogP contribution in [0.25, 0.3) is 0 Å². The number of piperazine rings is 1. The molecule has 0 radical (unpaired) electrons. The van der Waals surface area contributed by atoms with E-state index in [4.69, 9.17) is 0 Å². The first-order valence-corrected chi connectivity index (χ1v) is 9.05. The minimum absolute atomic E-state index is 0.391. The normalized spacial score (nSPS) is 24.8. The second-order valence-electron chi connectivity index (χ2n) is 5.72. The van der Waals surface area contributed by atoms with Crippen LogP contribution in [0.4, 0.5) is 0 Å². The fraction of sp³-hybridized carbons (Fsp3) is 0.600. The molecule has 1 saturated heterocycles. The standard InChI is InChI=1S/C15H24N2O2S/c1-4-14-9-16-12(2)10-17(14)11-13-5-7-15(8-6-13)20(3,18)19/h5-8,12,14,16H,4,9-11H2,1-3H3. The largest absolute Gasteiger partial charge is 0.311 e. The first kappa shape index (κ1) is 15.5. The van der Waals surface area contributed by atoms with Crippen LogP contribution in [-0.2, 0) is 16.4 Å². The van der Waals surface area contributed by atoms with Crippen molar-refractivity contribution in [2.24, 2.45) is 0 Å². The van der Waals surface area contributed by atoms with Crippen molar-refractivity contribution in [1.29, 1.82) is 0 Å². The molecule has 112 valence electrons. The molecule has 2 atom stereocenters. The Morgan fingerprint density at radius 3 is 2.50 bits per heavy atom. The average molecular weight is 296 g/mol. The molecule has 1 fully saturated rings. The summed E-state index contributed by atoms with van der Waals surface area (Å²) in [6, 6.07) is 8.33. The summed E-state index contributed by atoms with van der Waals surface area (Å²) in [7, 11) is -3.10. The molecule has 1 aromatic rings. The van der Waals surface area contributed by atoms with Crippen LogP contribution < -0.4 is 5.32 Å². The molecular formula is C15H24N2O2S. The fourth-order valence-electron chi connectivity index (χ4n) is 2.70. The van der Waals surface area contributed by atoms with Crippen LogP contribution in [0.15, 0.2) is 29.2 Å². The summed E-state index contributed by atoms with van der Waals surface area (Å²) in [5, 5.41) is 3.51. The van der Waals surface area contributed by atoms with Crippen molar-refractivity contribution in [3.63, 3.8) is 0 Å². The molecule has 1 heterocycles. The number of sulfone groups is 1. The number of benzene rings is 1. The zero-order valence-electron chi connectivity index (χ0n) is 12.5. The van der Waals surface area contributed by atoms with Crippen molar-refractivity contribution >= 4 is 9.84 Å². The van der Waals surface area contributed by atoms with E-state index in [2.05, 4.69) is 24.1 Å². The molecule has 1 aliphatic rings. The van der Waals surface area contributed by atoms with Gasteiger partial charge in [-0.05, 0) is 31.0 Å². The Balaban J connectivity index is 2.08. The third kappa shape index (κ3) is 3.81. The number of nitrogens with zero attached hydrogens (tertiary/aromatic N) is 1. The molecule has 0 amide bonds. The summed E-state index contributed by atoms with van der Waals surface area (Å²) in [4.78, 5) is 2.87. The van der Waals surface area contributed by atoms with Gasteiger partial charge in [0.2, 0.25) is 0 Å². The lowest BCUT2D eigenvalue weighted by molar-refractivity contribution is 0.124. The lowest BCUT2D eigenvalue weighted by Gasteiger charge is -2.39. The zero-order chi connectivity index (χ0) is 14.8. The predicted octanol–water partition coefficient (Wildman–Crippen LogP) is 1.66. The molecule has 2 rings (SSSR count). The molecule has 5 heteroatoms. The lowest BCUT2D eigenvalue weighted by Crippen LogP contribution is -2.54. The molecule has 1 N–H and O–H groups in total. The van der Waals surface area contributed by atoms with Gasteiger partial charge in [0.05, 0.1) is 4.90 Å². The van der Waals surface area contributed by atoms with Crippen molar-refractivity contribution in [3.05, 3.63) is 29.8 Å². The van der Waals surface area contributed by atoms with E-state index in [1.165, 1.54) is 11.8 Å². The average Bonchev–Trinajstić information content (AvgIpc) is 2.38.